The largest absolute Gasteiger partial charge is 0.394 e. The van der Waals surface area contributed by atoms with E-state index < -0.39 is 68.8 Å². The van der Waals surface area contributed by atoms with Gasteiger partial charge in [0.05, 0.1) is 19.8 Å². The van der Waals surface area contributed by atoms with Gasteiger partial charge in [0.1, 0.15) is 43.2 Å². The Kier molecular flexibility index (Phi) is 13.7. The van der Waals surface area contributed by atoms with E-state index in [2.05, 4.69) is 0 Å². The summed E-state index contributed by atoms with van der Waals surface area (Å²) in [5.41, 5.74) is 0. The van der Waals surface area contributed by atoms with Crippen molar-refractivity contribution in [2.45, 2.75) is 36.6 Å². The number of ketones is 1. The van der Waals surface area contributed by atoms with Crippen molar-refractivity contribution in [2.24, 2.45) is 0 Å². The van der Waals surface area contributed by atoms with Crippen LogP contribution in [0.4, 0.5) is 0 Å². The minimum Gasteiger partial charge on any atom is -0.394 e. The van der Waals surface area contributed by atoms with Crippen LogP contribution < -0.4 is 0 Å². The van der Waals surface area contributed by atoms with Crippen LogP contribution in [0.2, 0.25) is 0 Å². The lowest BCUT2D eigenvalue weighted by molar-refractivity contribution is -0.142. The summed E-state index contributed by atoms with van der Waals surface area (Å²) in [5.74, 6) is -1.00. The van der Waals surface area contributed by atoms with Gasteiger partial charge in [-0.25, -0.2) is 0 Å². The van der Waals surface area contributed by atoms with Crippen LogP contribution in [0.3, 0.4) is 0 Å². The van der Waals surface area contributed by atoms with Gasteiger partial charge in [-0.2, -0.15) is 0 Å². The molecule has 11 nitrogen and oxygen atoms in total. The molecule has 11 heteroatoms. The average Bonchev–Trinajstić information content (AvgIpc) is 2.56. The van der Waals surface area contributed by atoms with Crippen LogP contribution >= 0.6 is 0 Å². The normalized spacial score (nSPS) is 19.2. The van der Waals surface area contributed by atoms with Crippen molar-refractivity contribution in [3.63, 3.8) is 0 Å². The third-order valence-corrected chi connectivity index (χ3v) is 2.55. The maximum Gasteiger partial charge on any atom is 0.189 e. The van der Waals surface area contributed by atoms with Gasteiger partial charge in [0, 0.05) is 0 Å². The first-order valence-electron chi connectivity index (χ1n) is 6.22. The zero-order valence-electron chi connectivity index (χ0n) is 11.7. The topological polar surface area (TPSA) is 219 Å². The fourth-order valence-corrected chi connectivity index (χ4v) is 1.07. The highest BCUT2D eigenvalue weighted by Gasteiger charge is 2.28. The highest BCUT2D eigenvalue weighted by Crippen LogP contribution is 2.00. The predicted octanol–water partition coefficient (Wildman–Crippen LogP) is -6.32. The summed E-state index contributed by atoms with van der Waals surface area (Å²) in [4.78, 5) is 10.5. The molecule has 134 valence electrons. The Bertz CT molecular complexity index is 277. The van der Waals surface area contributed by atoms with Gasteiger partial charge in [0.25, 0.3) is 0 Å². The van der Waals surface area contributed by atoms with Crippen molar-refractivity contribution in [2.75, 3.05) is 26.4 Å². The second-order valence-corrected chi connectivity index (χ2v) is 4.30. The lowest BCUT2D eigenvalue weighted by Crippen LogP contribution is -2.44. The van der Waals surface area contributed by atoms with Crippen molar-refractivity contribution in [3.8, 4) is 0 Å². The zero-order chi connectivity index (χ0) is 17.9. The van der Waals surface area contributed by atoms with Crippen LogP contribution in [0.15, 0.2) is 0 Å². The van der Waals surface area contributed by atoms with E-state index in [0.717, 1.165) is 0 Å². The van der Waals surface area contributed by atoms with E-state index in [-0.39, 0.29) is 0 Å². The van der Waals surface area contributed by atoms with Crippen LogP contribution in [0.1, 0.15) is 0 Å². The van der Waals surface area contributed by atoms with E-state index in [1.165, 1.54) is 0 Å². The molecule has 0 saturated heterocycles. The second kappa shape index (κ2) is 12.8. The number of hydrogen-bond donors (Lipinski definition) is 10. The molecular weight excluding hydrogens is 308 g/mol. The zero-order valence-corrected chi connectivity index (χ0v) is 11.7. The molecule has 0 radical (unpaired) electrons. The lowest BCUT2D eigenvalue weighted by Gasteiger charge is -2.19. The number of Topliss-reactive ketones (excluding diaryl/α,β-unsaturated/α-hetero) is 1. The molecule has 0 amide bonds. The molecule has 0 saturated carbocycles. The van der Waals surface area contributed by atoms with Crippen LogP contribution in [-0.2, 0) is 4.79 Å². The Hall–Kier alpha value is -0.730. The molecule has 5 atom stereocenters. The molecule has 0 aromatic heterocycles. The Morgan fingerprint density at radius 2 is 0.955 bits per heavy atom. The maximum absolute atomic E-state index is 10.5. The van der Waals surface area contributed by atoms with Crippen molar-refractivity contribution in [1.82, 2.24) is 0 Å². The molecule has 5 unspecified atom stereocenters. The predicted molar refractivity (Wildman–Crippen MR) is 69.4 cm³/mol. The van der Waals surface area contributed by atoms with Crippen LogP contribution in [0, 0.1) is 0 Å². The number of aliphatic hydroxyl groups is 10. The van der Waals surface area contributed by atoms with Gasteiger partial charge in [-0.1, -0.05) is 0 Å². The van der Waals surface area contributed by atoms with E-state index in [0.29, 0.717) is 0 Å². The Labute approximate surface area is 125 Å². The first-order valence-corrected chi connectivity index (χ1v) is 6.22. The number of aliphatic hydroxyl groups excluding tert-OH is 10. The van der Waals surface area contributed by atoms with Gasteiger partial charge < -0.3 is 51.1 Å². The average molecular weight is 332 g/mol. The van der Waals surface area contributed by atoms with E-state index in [9.17, 15) is 4.79 Å². The van der Waals surface area contributed by atoms with Crippen LogP contribution in [-0.4, -0.2) is 120 Å². The molecule has 22 heavy (non-hydrogen) atoms. The fraction of sp³-hybridized carbons (Fsp3) is 0.909. The Balaban J connectivity index is 0. The summed E-state index contributed by atoms with van der Waals surface area (Å²) in [6.07, 6.45) is -9.51. The van der Waals surface area contributed by atoms with E-state index in [1.807, 2.05) is 0 Å². The first kappa shape index (κ1) is 23.5. The molecule has 0 spiro atoms. The first-order chi connectivity index (χ1) is 10.2. The van der Waals surface area contributed by atoms with Crippen molar-refractivity contribution in [3.05, 3.63) is 0 Å². The molecule has 0 aliphatic carbocycles. The summed E-state index contributed by atoms with van der Waals surface area (Å²) < 4.78 is 0. The molecule has 0 aliphatic rings. The van der Waals surface area contributed by atoms with E-state index in [1.54, 1.807) is 0 Å². The van der Waals surface area contributed by atoms with Crippen molar-refractivity contribution in [1.29, 1.82) is 0 Å². The Morgan fingerprint density at radius 3 is 1.23 bits per heavy atom. The monoisotopic (exact) mass is 332 g/mol. The molecule has 0 aromatic carbocycles. The molecule has 0 heterocycles. The van der Waals surface area contributed by atoms with E-state index >= 15 is 0 Å². The standard InChI is InChI=1S/C6H12O6.C5H12O5/c7-1-3(9)5(11)6(12)4(10)2-8;6-1-3(8)5(10)4(9)2-7/h3,5-9,11-12H,1-2H2;3-10H,1-2H2. The third-order valence-electron chi connectivity index (χ3n) is 2.55. The molecule has 0 bridgehead atoms. The molecule has 0 aliphatic heterocycles. The third kappa shape index (κ3) is 8.65. The number of hydrogen-bond acceptors (Lipinski definition) is 11. The van der Waals surface area contributed by atoms with Gasteiger partial charge in [0.2, 0.25) is 0 Å². The molecule has 0 fully saturated rings. The smallest absolute Gasteiger partial charge is 0.189 e. The summed E-state index contributed by atoms with van der Waals surface area (Å²) in [7, 11) is 0. The summed E-state index contributed by atoms with van der Waals surface area (Å²) in [6.45, 7) is -2.97. The summed E-state index contributed by atoms with van der Waals surface area (Å²) >= 11 is 0. The van der Waals surface area contributed by atoms with Gasteiger partial charge >= 0.3 is 0 Å². The fourth-order valence-electron chi connectivity index (χ4n) is 1.07. The van der Waals surface area contributed by atoms with Gasteiger partial charge in [0.15, 0.2) is 5.78 Å². The van der Waals surface area contributed by atoms with Gasteiger partial charge in [-0.05, 0) is 0 Å². The second-order valence-electron chi connectivity index (χ2n) is 4.30. The molecule has 0 aromatic rings. The van der Waals surface area contributed by atoms with E-state index in [4.69, 9.17) is 51.1 Å². The van der Waals surface area contributed by atoms with Crippen LogP contribution in [0.5, 0.6) is 0 Å². The number of carbonyl (C=O) groups excluding carboxylic acids is 1. The van der Waals surface area contributed by atoms with Crippen molar-refractivity contribution < 1.29 is 55.9 Å². The number of carbonyl (C=O) groups is 1. The minimum absolute atomic E-state index is 0.641. The number of rotatable bonds is 9. The summed E-state index contributed by atoms with van der Waals surface area (Å²) in [5, 5.41) is 85.6. The van der Waals surface area contributed by atoms with Crippen LogP contribution in [0.25, 0.3) is 0 Å². The summed E-state index contributed by atoms with van der Waals surface area (Å²) in [6, 6.07) is 0. The Morgan fingerprint density at radius 1 is 0.636 bits per heavy atom. The molecular formula is C11H24O11. The van der Waals surface area contributed by atoms with Crippen molar-refractivity contribution >= 4 is 5.78 Å². The maximum atomic E-state index is 10.5. The minimum atomic E-state index is -1.86. The lowest BCUT2D eigenvalue weighted by atomic mass is 10.1. The SMILES string of the molecule is O=C(CO)C(O)C(O)C(O)CO.OCC(O)C(O)C(O)CO. The molecule has 0 rings (SSSR count). The quantitative estimate of drug-likeness (QED) is 0.191. The van der Waals surface area contributed by atoms with Gasteiger partial charge in [-0.15, -0.1) is 0 Å². The highest BCUT2D eigenvalue weighted by atomic mass is 16.4. The highest BCUT2D eigenvalue weighted by molar-refractivity contribution is 5.84. The molecule has 10 N–H and O–H groups in total. The van der Waals surface area contributed by atoms with Gasteiger partial charge in [-0.3, -0.25) is 4.79 Å².